The van der Waals surface area contributed by atoms with Gasteiger partial charge in [0.25, 0.3) is 11.8 Å². The quantitative estimate of drug-likeness (QED) is 0.248. The van der Waals surface area contributed by atoms with Crippen LogP contribution in [0, 0.1) is 23.7 Å². The molecule has 7 rings (SSSR count). The van der Waals surface area contributed by atoms with E-state index in [4.69, 9.17) is 37.4 Å². The number of hydrogen-bond donors (Lipinski definition) is 2. The van der Waals surface area contributed by atoms with Gasteiger partial charge in [0.15, 0.2) is 0 Å². The number of aromatic hydroxyl groups is 1. The number of amides is 5. The number of rotatable bonds is 6. The Hall–Kier alpha value is -5.07. The maximum absolute atomic E-state index is 15.3. The second-order valence-corrected chi connectivity index (χ2v) is 13.5. The average molecular weight is 721 g/mol. The van der Waals surface area contributed by atoms with E-state index in [2.05, 4.69) is 5.43 Å². The zero-order valence-corrected chi connectivity index (χ0v) is 28.5. The van der Waals surface area contributed by atoms with E-state index in [9.17, 15) is 24.3 Å². The van der Waals surface area contributed by atoms with Gasteiger partial charge < -0.3 is 19.3 Å². The van der Waals surface area contributed by atoms with Gasteiger partial charge in [0.2, 0.25) is 11.8 Å². The number of halogens is 2. The summed E-state index contributed by atoms with van der Waals surface area (Å²) in [5.41, 5.74) is 2.76. The summed E-state index contributed by atoms with van der Waals surface area (Å²) in [6.45, 7) is 0. The summed E-state index contributed by atoms with van der Waals surface area (Å²) in [4.78, 5) is 70.6. The Morgan fingerprint density at radius 3 is 2.24 bits per heavy atom. The van der Waals surface area contributed by atoms with Gasteiger partial charge in [-0.15, -0.1) is 0 Å². The molecule has 0 aromatic heterocycles. The number of likely N-dealkylation sites (tertiary alicyclic amines) is 1. The lowest BCUT2D eigenvalue weighted by Crippen LogP contribution is -2.53. The molecule has 2 heterocycles. The number of benzene rings is 3. The molecule has 3 aromatic rings. The molecule has 1 saturated carbocycles. The first kappa shape index (κ1) is 33.4. The summed E-state index contributed by atoms with van der Waals surface area (Å²) in [5, 5.41) is 13.0. The molecule has 5 amide bonds. The number of carbonyl (C=O) groups excluding carboxylic acids is 5. The van der Waals surface area contributed by atoms with E-state index in [0.29, 0.717) is 32.6 Å². The van der Waals surface area contributed by atoms with Gasteiger partial charge in [0.1, 0.15) is 17.2 Å². The zero-order valence-electron chi connectivity index (χ0n) is 27.0. The fourth-order valence-electron chi connectivity index (χ4n) is 8.35. The lowest BCUT2D eigenvalue weighted by molar-refractivity contribution is -0.140. The van der Waals surface area contributed by atoms with Crippen molar-refractivity contribution in [3.63, 3.8) is 0 Å². The van der Waals surface area contributed by atoms with Gasteiger partial charge in [-0.25, -0.2) is 4.79 Å². The standard InChI is InChI=1S/C36H31Cl2N3O9/c1-48-19-7-4-17(5-8-19)36-25(32(44)41(34(36)46)39-27-12-6-18(37)14-26(27)38)16-23-21(30(36)24-15-20(49-2)9-13-28(24)42)10-11-22-29(23)33(45)40(31(22)43)35(47)50-3/h4-10,12-15,22-23,25,29-30,39,42H,11,16H2,1-3H3. The number of nitrogens with one attached hydrogen (secondary N) is 1. The minimum Gasteiger partial charge on any atom is -0.508 e. The summed E-state index contributed by atoms with van der Waals surface area (Å²) in [7, 11) is 4.05. The molecule has 2 N–H and O–H groups in total. The maximum Gasteiger partial charge on any atom is 0.423 e. The molecule has 14 heteroatoms. The Labute approximate surface area is 296 Å². The number of ether oxygens (including phenoxy) is 3. The van der Waals surface area contributed by atoms with Crippen molar-refractivity contribution < 1.29 is 43.3 Å². The van der Waals surface area contributed by atoms with Crippen LogP contribution in [0.5, 0.6) is 17.2 Å². The van der Waals surface area contributed by atoms with Crippen LogP contribution in [-0.4, -0.2) is 66.1 Å². The Kier molecular flexibility index (Phi) is 8.26. The second kappa shape index (κ2) is 12.4. The highest BCUT2D eigenvalue weighted by Crippen LogP contribution is 2.65. The van der Waals surface area contributed by atoms with Crippen LogP contribution in [0.4, 0.5) is 10.5 Å². The number of anilines is 1. The van der Waals surface area contributed by atoms with Crippen LogP contribution in [0.2, 0.25) is 10.0 Å². The van der Waals surface area contributed by atoms with Crippen molar-refractivity contribution in [1.82, 2.24) is 9.91 Å². The number of nitrogens with zero attached hydrogens (tertiary/aromatic N) is 2. The minimum absolute atomic E-state index is 0.0363. The van der Waals surface area contributed by atoms with E-state index in [0.717, 1.165) is 12.1 Å². The Morgan fingerprint density at radius 2 is 1.58 bits per heavy atom. The van der Waals surface area contributed by atoms with Gasteiger partial charge in [-0.05, 0) is 72.9 Å². The smallest absolute Gasteiger partial charge is 0.423 e. The summed E-state index contributed by atoms with van der Waals surface area (Å²) >= 11 is 12.6. The van der Waals surface area contributed by atoms with Crippen molar-refractivity contribution in [2.45, 2.75) is 24.2 Å². The minimum atomic E-state index is -1.69. The molecule has 2 aliphatic carbocycles. The predicted octanol–water partition coefficient (Wildman–Crippen LogP) is 5.47. The molecule has 50 heavy (non-hydrogen) atoms. The SMILES string of the molecule is COC(=O)N1C(=O)C2CC=C3C(CC4C(=O)N(Nc5ccc(Cl)cc5Cl)C(=O)C4(c4ccc(OC)cc4)C3c3cc(OC)ccc3O)C2C1=O. The third-order valence-electron chi connectivity index (χ3n) is 10.5. The fourth-order valence-corrected chi connectivity index (χ4v) is 8.80. The van der Waals surface area contributed by atoms with E-state index in [-0.39, 0.29) is 34.9 Å². The lowest BCUT2D eigenvalue weighted by atomic mass is 9.49. The molecule has 2 saturated heterocycles. The van der Waals surface area contributed by atoms with E-state index in [1.165, 1.54) is 32.4 Å². The number of hydrogen-bond acceptors (Lipinski definition) is 10. The first-order valence-corrected chi connectivity index (χ1v) is 16.5. The van der Waals surface area contributed by atoms with Crippen LogP contribution in [0.3, 0.4) is 0 Å². The van der Waals surface area contributed by atoms with E-state index in [1.54, 1.807) is 48.5 Å². The number of carbonyl (C=O) groups is 5. The molecule has 258 valence electrons. The van der Waals surface area contributed by atoms with E-state index >= 15 is 4.79 Å². The number of methoxy groups -OCH3 is 3. The molecular formula is C36H31Cl2N3O9. The van der Waals surface area contributed by atoms with Gasteiger partial charge in [0, 0.05) is 16.5 Å². The molecule has 0 spiro atoms. The lowest BCUT2D eigenvalue weighted by Gasteiger charge is -2.50. The van der Waals surface area contributed by atoms with Crippen LogP contribution in [-0.2, 0) is 29.3 Å². The fraction of sp³-hybridized carbons (Fsp3) is 0.306. The van der Waals surface area contributed by atoms with Gasteiger partial charge in [-0.2, -0.15) is 9.91 Å². The van der Waals surface area contributed by atoms with Crippen LogP contribution < -0.4 is 14.9 Å². The van der Waals surface area contributed by atoms with Crippen LogP contribution in [0.1, 0.15) is 29.9 Å². The first-order chi connectivity index (χ1) is 24.0. The highest BCUT2D eigenvalue weighted by atomic mass is 35.5. The van der Waals surface area contributed by atoms with Crippen molar-refractivity contribution in [3.05, 3.63) is 93.5 Å². The number of imide groups is 4. The number of fused-ring (bicyclic) bond motifs is 4. The highest BCUT2D eigenvalue weighted by molar-refractivity contribution is 6.36. The number of phenols is 1. The summed E-state index contributed by atoms with van der Waals surface area (Å²) in [6.07, 6.45) is 0.741. The zero-order chi connectivity index (χ0) is 35.6. The molecular weight excluding hydrogens is 689 g/mol. The molecule has 3 fully saturated rings. The largest absolute Gasteiger partial charge is 0.508 e. The molecule has 6 unspecified atom stereocenters. The Balaban J connectivity index is 1.48. The first-order valence-electron chi connectivity index (χ1n) is 15.7. The van der Waals surface area contributed by atoms with Crippen molar-refractivity contribution in [2.24, 2.45) is 23.7 Å². The van der Waals surface area contributed by atoms with Crippen LogP contribution in [0.25, 0.3) is 0 Å². The predicted molar refractivity (Wildman–Crippen MR) is 180 cm³/mol. The monoisotopic (exact) mass is 719 g/mol. The maximum atomic E-state index is 15.3. The molecule has 12 nitrogen and oxygen atoms in total. The molecule has 0 bridgehead atoms. The van der Waals surface area contributed by atoms with Crippen molar-refractivity contribution in [2.75, 3.05) is 26.8 Å². The highest BCUT2D eigenvalue weighted by Gasteiger charge is 2.71. The normalized spacial score (nSPS) is 27.0. The van der Waals surface area contributed by atoms with Crippen molar-refractivity contribution >= 4 is 58.6 Å². The molecule has 2 aliphatic heterocycles. The molecule has 4 aliphatic rings. The van der Waals surface area contributed by atoms with Crippen LogP contribution >= 0.6 is 23.2 Å². The Bertz CT molecular complexity index is 2000. The second-order valence-electron chi connectivity index (χ2n) is 12.6. The summed E-state index contributed by atoms with van der Waals surface area (Å²) < 4.78 is 15.7. The van der Waals surface area contributed by atoms with Gasteiger partial charge in [0.05, 0.1) is 55.2 Å². The van der Waals surface area contributed by atoms with Gasteiger partial charge in [-0.3, -0.25) is 24.6 Å². The number of phenolic OH excluding ortho intramolecular Hbond substituents is 1. The molecule has 6 atom stereocenters. The third-order valence-corrected chi connectivity index (χ3v) is 11.0. The summed E-state index contributed by atoms with van der Waals surface area (Å²) in [6, 6.07) is 15.9. The third kappa shape index (κ3) is 4.76. The molecule has 3 aromatic carbocycles. The Morgan fingerprint density at radius 1 is 0.880 bits per heavy atom. The number of allylic oxidation sites excluding steroid dienone is 2. The van der Waals surface area contributed by atoms with E-state index < -0.39 is 64.7 Å². The molecule has 0 radical (unpaired) electrons. The number of hydrazine groups is 1. The van der Waals surface area contributed by atoms with Gasteiger partial charge >= 0.3 is 6.09 Å². The topological polar surface area (TPSA) is 152 Å². The van der Waals surface area contributed by atoms with Crippen molar-refractivity contribution in [1.29, 1.82) is 0 Å². The van der Waals surface area contributed by atoms with Gasteiger partial charge in [-0.1, -0.05) is 47.0 Å². The van der Waals surface area contributed by atoms with Crippen molar-refractivity contribution in [3.8, 4) is 17.2 Å². The average Bonchev–Trinajstić information content (AvgIpc) is 3.50. The summed E-state index contributed by atoms with van der Waals surface area (Å²) in [5.74, 6) is -6.85. The van der Waals surface area contributed by atoms with E-state index in [1.807, 2.05) is 0 Å². The van der Waals surface area contributed by atoms with Crippen LogP contribution in [0.15, 0.2) is 72.3 Å².